The molecule has 0 radical (unpaired) electrons. The van der Waals surface area contributed by atoms with Crippen LogP contribution in [0.4, 0.5) is 14.9 Å². The van der Waals surface area contributed by atoms with Gasteiger partial charge in [0.15, 0.2) is 0 Å². The minimum absolute atomic E-state index is 0.00894. The molecular formula is C17H19FN4O3. The number of carbonyl (C=O) groups is 3. The van der Waals surface area contributed by atoms with Gasteiger partial charge in [-0.1, -0.05) is 0 Å². The molecule has 3 aliphatic rings. The van der Waals surface area contributed by atoms with Gasteiger partial charge in [0, 0.05) is 18.8 Å². The van der Waals surface area contributed by atoms with E-state index in [1.165, 1.54) is 24.3 Å². The quantitative estimate of drug-likeness (QED) is 0.836. The van der Waals surface area contributed by atoms with E-state index in [9.17, 15) is 18.8 Å². The first-order valence-corrected chi connectivity index (χ1v) is 8.47. The molecule has 25 heavy (non-hydrogen) atoms. The van der Waals surface area contributed by atoms with Crippen LogP contribution < -0.4 is 10.6 Å². The molecule has 0 bridgehead atoms. The van der Waals surface area contributed by atoms with Crippen molar-refractivity contribution < 1.29 is 18.8 Å². The highest BCUT2D eigenvalue weighted by atomic mass is 19.1. The first-order valence-electron chi connectivity index (χ1n) is 8.47. The van der Waals surface area contributed by atoms with Gasteiger partial charge < -0.3 is 20.4 Å². The number of piperazine rings is 1. The molecule has 0 spiro atoms. The predicted molar refractivity (Wildman–Crippen MR) is 87.2 cm³/mol. The Hall–Kier alpha value is -2.64. The summed E-state index contributed by atoms with van der Waals surface area (Å²) < 4.78 is 12.9. The smallest absolute Gasteiger partial charge is 0.319 e. The lowest BCUT2D eigenvalue weighted by molar-refractivity contribution is -0.156. The molecule has 3 fully saturated rings. The summed E-state index contributed by atoms with van der Waals surface area (Å²) in [5.74, 6) is -0.396. The molecule has 1 aromatic rings. The number of halogens is 1. The number of nitrogens with zero attached hydrogens (tertiary/aromatic N) is 2. The van der Waals surface area contributed by atoms with Crippen LogP contribution in [0.5, 0.6) is 0 Å². The molecule has 132 valence electrons. The Bertz CT molecular complexity index is 693. The number of hydrogen-bond acceptors (Lipinski definition) is 3. The van der Waals surface area contributed by atoms with Crippen molar-refractivity contribution in [2.24, 2.45) is 0 Å². The standard InChI is InChI=1S/C17H19FN4O3/c18-10-3-5-11(6-4-10)19-17(25)20-12-8-14-16(24)21-7-1-2-13(21)15(23)22(14)9-12/h3-6,12-14H,1-2,7-9H2,(H2,19,20,25)/t12-,13+,14-/m0/s1. The zero-order valence-corrected chi connectivity index (χ0v) is 13.6. The van der Waals surface area contributed by atoms with Gasteiger partial charge in [0.05, 0.1) is 6.04 Å². The number of anilines is 1. The SMILES string of the molecule is O=C(Nc1ccc(F)cc1)N[C@H]1C[C@H]2C(=O)N3CCC[C@@H]3C(=O)N2C1. The Morgan fingerprint density at radius 1 is 1.08 bits per heavy atom. The van der Waals surface area contributed by atoms with Crippen LogP contribution in [0.1, 0.15) is 19.3 Å². The molecule has 2 N–H and O–H groups in total. The normalized spacial score (nSPS) is 28.0. The molecule has 3 heterocycles. The van der Waals surface area contributed by atoms with E-state index in [1.807, 2.05) is 0 Å². The van der Waals surface area contributed by atoms with Gasteiger partial charge in [-0.15, -0.1) is 0 Å². The van der Waals surface area contributed by atoms with Gasteiger partial charge in [0.2, 0.25) is 11.8 Å². The van der Waals surface area contributed by atoms with Crippen molar-refractivity contribution in [2.45, 2.75) is 37.4 Å². The molecule has 4 amide bonds. The minimum Gasteiger partial charge on any atom is -0.333 e. The van der Waals surface area contributed by atoms with E-state index in [0.717, 1.165) is 12.8 Å². The number of urea groups is 1. The second-order valence-electron chi connectivity index (χ2n) is 6.73. The molecular weight excluding hydrogens is 327 g/mol. The van der Waals surface area contributed by atoms with Gasteiger partial charge in [-0.05, 0) is 43.5 Å². The van der Waals surface area contributed by atoms with Crippen LogP contribution in [-0.2, 0) is 9.59 Å². The number of nitrogens with one attached hydrogen (secondary N) is 2. The highest BCUT2D eigenvalue weighted by Gasteiger charge is 2.51. The molecule has 8 heteroatoms. The van der Waals surface area contributed by atoms with Crippen LogP contribution >= 0.6 is 0 Å². The van der Waals surface area contributed by atoms with Crippen LogP contribution in [0.3, 0.4) is 0 Å². The molecule has 3 saturated heterocycles. The maximum atomic E-state index is 12.9. The lowest BCUT2D eigenvalue weighted by Gasteiger charge is -2.38. The van der Waals surface area contributed by atoms with Gasteiger partial charge in [-0.2, -0.15) is 0 Å². The number of fused-ring (bicyclic) bond motifs is 2. The lowest BCUT2D eigenvalue weighted by atomic mass is 10.1. The van der Waals surface area contributed by atoms with Gasteiger partial charge in [-0.25, -0.2) is 9.18 Å². The molecule has 1 aromatic carbocycles. The minimum atomic E-state index is -0.474. The number of amides is 4. The summed E-state index contributed by atoms with van der Waals surface area (Å²) >= 11 is 0. The summed E-state index contributed by atoms with van der Waals surface area (Å²) in [7, 11) is 0. The number of rotatable bonds is 2. The molecule has 7 nitrogen and oxygen atoms in total. The third-order valence-electron chi connectivity index (χ3n) is 5.13. The average molecular weight is 346 g/mol. The van der Waals surface area contributed by atoms with Crippen LogP contribution in [0.15, 0.2) is 24.3 Å². The second kappa shape index (κ2) is 6.02. The summed E-state index contributed by atoms with van der Waals surface area (Å²) in [5.41, 5.74) is 0.474. The molecule has 0 unspecified atom stereocenters. The fourth-order valence-corrected chi connectivity index (χ4v) is 3.97. The van der Waals surface area contributed by atoms with E-state index in [1.54, 1.807) is 9.80 Å². The molecule has 4 rings (SSSR count). The maximum absolute atomic E-state index is 12.9. The van der Waals surface area contributed by atoms with Gasteiger partial charge >= 0.3 is 6.03 Å². The monoisotopic (exact) mass is 346 g/mol. The Labute approximate surface area is 144 Å². The second-order valence-corrected chi connectivity index (χ2v) is 6.73. The summed E-state index contributed by atoms with van der Waals surface area (Å²) in [6.07, 6.45) is 2.01. The van der Waals surface area contributed by atoms with Crippen molar-refractivity contribution in [1.82, 2.24) is 15.1 Å². The zero-order chi connectivity index (χ0) is 17.6. The molecule has 0 aromatic heterocycles. The Morgan fingerprint density at radius 2 is 1.80 bits per heavy atom. The fourth-order valence-electron chi connectivity index (χ4n) is 3.97. The molecule has 3 atom stereocenters. The third-order valence-corrected chi connectivity index (χ3v) is 5.13. The largest absolute Gasteiger partial charge is 0.333 e. The number of benzene rings is 1. The summed E-state index contributed by atoms with van der Waals surface area (Å²) in [4.78, 5) is 40.5. The molecule has 3 aliphatic heterocycles. The van der Waals surface area contributed by atoms with Crippen molar-refractivity contribution in [3.8, 4) is 0 Å². The first-order chi connectivity index (χ1) is 12.0. The zero-order valence-electron chi connectivity index (χ0n) is 13.6. The van der Waals surface area contributed by atoms with E-state index < -0.39 is 12.1 Å². The first kappa shape index (κ1) is 15.9. The van der Waals surface area contributed by atoms with Crippen molar-refractivity contribution in [2.75, 3.05) is 18.4 Å². The highest BCUT2D eigenvalue weighted by Crippen LogP contribution is 2.32. The van der Waals surface area contributed by atoms with E-state index in [-0.39, 0.29) is 29.7 Å². The number of carbonyl (C=O) groups excluding carboxylic acids is 3. The van der Waals surface area contributed by atoms with Crippen molar-refractivity contribution >= 4 is 23.5 Å². The maximum Gasteiger partial charge on any atom is 0.319 e. The van der Waals surface area contributed by atoms with E-state index in [0.29, 0.717) is 25.2 Å². The van der Waals surface area contributed by atoms with E-state index in [4.69, 9.17) is 0 Å². The van der Waals surface area contributed by atoms with Crippen LogP contribution in [-0.4, -0.2) is 58.9 Å². The van der Waals surface area contributed by atoms with Gasteiger partial charge in [0.1, 0.15) is 17.9 Å². The van der Waals surface area contributed by atoms with E-state index in [2.05, 4.69) is 10.6 Å². The highest BCUT2D eigenvalue weighted by molar-refractivity contribution is 5.98. The lowest BCUT2D eigenvalue weighted by Crippen LogP contribution is -2.60. The molecule has 0 aliphatic carbocycles. The average Bonchev–Trinajstić information content (AvgIpc) is 3.22. The Kier molecular flexibility index (Phi) is 3.82. The van der Waals surface area contributed by atoms with Gasteiger partial charge in [0.25, 0.3) is 0 Å². The summed E-state index contributed by atoms with van der Waals surface area (Å²) in [6.45, 7) is 0.985. The predicted octanol–water partition coefficient (Wildman–Crippen LogP) is 0.921. The Morgan fingerprint density at radius 3 is 2.56 bits per heavy atom. The molecule has 0 saturated carbocycles. The Balaban J connectivity index is 1.39. The fraction of sp³-hybridized carbons (Fsp3) is 0.471. The van der Waals surface area contributed by atoms with E-state index >= 15 is 0 Å². The third kappa shape index (κ3) is 2.81. The summed E-state index contributed by atoms with van der Waals surface area (Å²) in [6, 6.07) is 3.94. The van der Waals surface area contributed by atoms with Crippen molar-refractivity contribution in [3.05, 3.63) is 30.1 Å². The van der Waals surface area contributed by atoms with Gasteiger partial charge in [-0.3, -0.25) is 9.59 Å². The topological polar surface area (TPSA) is 81.8 Å². The summed E-state index contributed by atoms with van der Waals surface area (Å²) in [5, 5.41) is 5.42. The van der Waals surface area contributed by atoms with Crippen LogP contribution in [0, 0.1) is 5.82 Å². The van der Waals surface area contributed by atoms with Crippen molar-refractivity contribution in [1.29, 1.82) is 0 Å². The number of hydrogen-bond donors (Lipinski definition) is 2. The van der Waals surface area contributed by atoms with Crippen molar-refractivity contribution in [3.63, 3.8) is 0 Å². The van der Waals surface area contributed by atoms with Crippen LogP contribution in [0.25, 0.3) is 0 Å². The van der Waals surface area contributed by atoms with Crippen LogP contribution in [0.2, 0.25) is 0 Å².